The van der Waals surface area contributed by atoms with E-state index in [0.29, 0.717) is 11.5 Å². The summed E-state index contributed by atoms with van der Waals surface area (Å²) in [4.78, 5) is 20.0. The van der Waals surface area contributed by atoms with E-state index in [9.17, 15) is 4.79 Å². The first kappa shape index (κ1) is 18.3. The summed E-state index contributed by atoms with van der Waals surface area (Å²) in [6.45, 7) is 0. The van der Waals surface area contributed by atoms with Crippen molar-refractivity contribution in [3.63, 3.8) is 0 Å². The van der Waals surface area contributed by atoms with Crippen molar-refractivity contribution in [3.05, 3.63) is 60.3 Å². The number of benzene rings is 2. The van der Waals surface area contributed by atoms with Crippen LogP contribution in [-0.4, -0.2) is 31.2 Å². The standard InChI is InChI=1S/C23H24N2O3/c1-27-19-11-12-21(28-2)17(14-19)15-22(26)25(18-8-4-9-18)20-10-3-6-16-7-5-13-24-23(16)20/h3,5-7,10-14,18H,4,8-9,15H2,1-2H3. The Bertz CT molecular complexity index is 993. The van der Waals surface area contributed by atoms with E-state index in [4.69, 9.17) is 9.47 Å². The fourth-order valence-electron chi connectivity index (χ4n) is 3.73. The molecule has 28 heavy (non-hydrogen) atoms. The van der Waals surface area contributed by atoms with Crippen molar-refractivity contribution in [3.8, 4) is 11.5 Å². The molecule has 4 rings (SSSR count). The number of anilines is 1. The molecule has 1 amide bonds. The van der Waals surface area contributed by atoms with Gasteiger partial charge in [-0.3, -0.25) is 9.78 Å². The molecule has 1 aromatic heterocycles. The quantitative estimate of drug-likeness (QED) is 0.641. The average molecular weight is 376 g/mol. The van der Waals surface area contributed by atoms with E-state index in [2.05, 4.69) is 4.98 Å². The number of ether oxygens (including phenoxy) is 2. The van der Waals surface area contributed by atoms with Crippen LogP contribution in [0.15, 0.2) is 54.7 Å². The molecule has 0 radical (unpaired) electrons. The molecule has 2 aromatic carbocycles. The maximum Gasteiger partial charge on any atom is 0.231 e. The van der Waals surface area contributed by atoms with Crippen LogP contribution in [0.2, 0.25) is 0 Å². The number of pyridine rings is 1. The predicted molar refractivity (Wildman–Crippen MR) is 110 cm³/mol. The normalized spacial score (nSPS) is 13.8. The molecule has 0 N–H and O–H groups in total. The van der Waals surface area contributed by atoms with Crippen LogP contribution in [-0.2, 0) is 11.2 Å². The molecule has 3 aromatic rings. The SMILES string of the molecule is COc1ccc(OC)c(CC(=O)N(c2cccc3cccnc23)C2CCC2)c1. The van der Waals surface area contributed by atoms with Gasteiger partial charge in [0.2, 0.25) is 5.91 Å². The molecule has 5 nitrogen and oxygen atoms in total. The molecule has 1 aliphatic carbocycles. The van der Waals surface area contributed by atoms with Crippen molar-refractivity contribution in [2.24, 2.45) is 0 Å². The van der Waals surface area contributed by atoms with Crippen LogP contribution in [0.1, 0.15) is 24.8 Å². The van der Waals surface area contributed by atoms with Crippen LogP contribution in [0.4, 0.5) is 5.69 Å². The lowest BCUT2D eigenvalue weighted by Gasteiger charge is -2.38. The fourth-order valence-corrected chi connectivity index (χ4v) is 3.73. The van der Waals surface area contributed by atoms with Crippen molar-refractivity contribution >= 4 is 22.5 Å². The van der Waals surface area contributed by atoms with Gasteiger partial charge in [-0.15, -0.1) is 0 Å². The number of carbonyl (C=O) groups is 1. The number of carbonyl (C=O) groups excluding carboxylic acids is 1. The molecule has 0 saturated heterocycles. The molecular weight excluding hydrogens is 352 g/mol. The van der Waals surface area contributed by atoms with Gasteiger partial charge >= 0.3 is 0 Å². The molecule has 1 aliphatic rings. The molecule has 0 atom stereocenters. The lowest BCUT2D eigenvalue weighted by molar-refractivity contribution is -0.118. The summed E-state index contributed by atoms with van der Waals surface area (Å²) >= 11 is 0. The van der Waals surface area contributed by atoms with Gasteiger partial charge in [0, 0.05) is 23.2 Å². The molecule has 0 spiro atoms. The predicted octanol–water partition coefficient (Wildman–Crippen LogP) is 4.38. The third-order valence-electron chi connectivity index (χ3n) is 5.41. The number of hydrogen-bond acceptors (Lipinski definition) is 4. The zero-order chi connectivity index (χ0) is 19.5. The monoisotopic (exact) mass is 376 g/mol. The number of rotatable bonds is 6. The van der Waals surface area contributed by atoms with E-state index in [1.54, 1.807) is 20.4 Å². The van der Waals surface area contributed by atoms with Crippen LogP contribution in [0.3, 0.4) is 0 Å². The average Bonchev–Trinajstić information content (AvgIpc) is 2.70. The van der Waals surface area contributed by atoms with E-state index in [-0.39, 0.29) is 18.4 Å². The lowest BCUT2D eigenvalue weighted by Crippen LogP contribution is -2.45. The van der Waals surface area contributed by atoms with Gasteiger partial charge in [0.05, 0.1) is 31.8 Å². The first-order valence-corrected chi connectivity index (χ1v) is 9.58. The molecule has 1 saturated carbocycles. The van der Waals surface area contributed by atoms with Crippen molar-refractivity contribution in [1.82, 2.24) is 4.98 Å². The van der Waals surface area contributed by atoms with Gasteiger partial charge in [-0.2, -0.15) is 0 Å². The minimum atomic E-state index is 0.0504. The van der Waals surface area contributed by atoms with Gasteiger partial charge in [-0.05, 0) is 49.6 Å². The minimum Gasteiger partial charge on any atom is -0.497 e. The van der Waals surface area contributed by atoms with Gasteiger partial charge in [0.15, 0.2) is 0 Å². The topological polar surface area (TPSA) is 51.7 Å². The first-order chi connectivity index (χ1) is 13.7. The van der Waals surface area contributed by atoms with Crippen LogP contribution in [0.25, 0.3) is 10.9 Å². The molecule has 5 heteroatoms. The summed E-state index contributed by atoms with van der Waals surface area (Å²) in [5.41, 5.74) is 2.57. The highest BCUT2D eigenvalue weighted by molar-refractivity contribution is 6.03. The van der Waals surface area contributed by atoms with Crippen molar-refractivity contribution < 1.29 is 14.3 Å². The number of methoxy groups -OCH3 is 2. The Balaban J connectivity index is 1.72. The highest BCUT2D eigenvalue weighted by Gasteiger charge is 2.31. The molecule has 0 unspecified atom stereocenters. The van der Waals surface area contributed by atoms with Crippen LogP contribution >= 0.6 is 0 Å². The van der Waals surface area contributed by atoms with E-state index in [1.165, 1.54) is 0 Å². The second-order valence-electron chi connectivity index (χ2n) is 7.06. The number of para-hydroxylation sites is 1. The Morgan fingerprint density at radius 2 is 1.93 bits per heavy atom. The zero-order valence-corrected chi connectivity index (χ0v) is 16.2. The smallest absolute Gasteiger partial charge is 0.231 e. The van der Waals surface area contributed by atoms with Crippen molar-refractivity contribution in [1.29, 1.82) is 0 Å². The van der Waals surface area contributed by atoms with Gasteiger partial charge in [-0.1, -0.05) is 18.2 Å². The largest absolute Gasteiger partial charge is 0.497 e. The summed E-state index contributed by atoms with van der Waals surface area (Å²) < 4.78 is 10.8. The van der Waals surface area contributed by atoms with Crippen molar-refractivity contribution in [2.45, 2.75) is 31.7 Å². The molecule has 1 heterocycles. The number of nitrogens with zero attached hydrogens (tertiary/aromatic N) is 2. The number of aromatic nitrogens is 1. The number of amides is 1. The van der Waals surface area contributed by atoms with Gasteiger partial charge in [-0.25, -0.2) is 0 Å². The number of hydrogen-bond donors (Lipinski definition) is 0. The lowest BCUT2D eigenvalue weighted by atomic mass is 9.90. The zero-order valence-electron chi connectivity index (χ0n) is 16.2. The Kier molecular flexibility index (Phi) is 5.15. The van der Waals surface area contributed by atoms with Crippen LogP contribution in [0.5, 0.6) is 11.5 Å². The third-order valence-corrected chi connectivity index (χ3v) is 5.41. The molecule has 0 aliphatic heterocycles. The molecule has 1 fully saturated rings. The van der Waals surface area contributed by atoms with Gasteiger partial charge in [0.1, 0.15) is 11.5 Å². The van der Waals surface area contributed by atoms with Crippen molar-refractivity contribution in [2.75, 3.05) is 19.1 Å². The van der Waals surface area contributed by atoms with E-state index >= 15 is 0 Å². The van der Waals surface area contributed by atoms with Gasteiger partial charge < -0.3 is 14.4 Å². The summed E-state index contributed by atoms with van der Waals surface area (Å²) in [7, 11) is 3.24. The molecule has 144 valence electrons. The fraction of sp³-hybridized carbons (Fsp3) is 0.304. The second-order valence-corrected chi connectivity index (χ2v) is 7.06. The summed E-state index contributed by atoms with van der Waals surface area (Å²) in [6, 6.07) is 15.7. The minimum absolute atomic E-state index is 0.0504. The molecular formula is C23H24N2O3. The van der Waals surface area contributed by atoms with E-state index < -0.39 is 0 Å². The Labute approximate surface area is 164 Å². The Morgan fingerprint density at radius 1 is 1.11 bits per heavy atom. The second kappa shape index (κ2) is 7.89. The van der Waals surface area contributed by atoms with E-state index in [0.717, 1.165) is 41.4 Å². The van der Waals surface area contributed by atoms with E-state index in [1.807, 2.05) is 53.4 Å². The summed E-state index contributed by atoms with van der Waals surface area (Å²) in [6.07, 6.45) is 5.21. The Hall–Kier alpha value is -3.08. The highest BCUT2D eigenvalue weighted by Crippen LogP contribution is 2.35. The van der Waals surface area contributed by atoms with Gasteiger partial charge in [0.25, 0.3) is 0 Å². The Morgan fingerprint density at radius 3 is 2.64 bits per heavy atom. The summed E-state index contributed by atoms with van der Waals surface area (Å²) in [5.74, 6) is 1.46. The third kappa shape index (κ3) is 3.40. The summed E-state index contributed by atoms with van der Waals surface area (Å²) in [5, 5.41) is 1.04. The first-order valence-electron chi connectivity index (χ1n) is 9.58. The maximum atomic E-state index is 13.5. The molecule has 0 bridgehead atoms. The maximum absolute atomic E-state index is 13.5. The highest BCUT2D eigenvalue weighted by atomic mass is 16.5. The van der Waals surface area contributed by atoms with Crippen LogP contribution < -0.4 is 14.4 Å². The number of fused-ring (bicyclic) bond motifs is 1. The van der Waals surface area contributed by atoms with Crippen LogP contribution in [0, 0.1) is 0 Å².